The number of hydrogen-bond donors (Lipinski definition) is 0. The number of rotatable bonds is 1. The van der Waals surface area contributed by atoms with Gasteiger partial charge in [0.05, 0.1) is 6.04 Å². The molecule has 0 saturated heterocycles. The quantitative estimate of drug-likeness (QED) is 0.731. The van der Waals surface area contributed by atoms with E-state index >= 15 is 0 Å². The van der Waals surface area contributed by atoms with Crippen molar-refractivity contribution in [3.8, 4) is 0 Å². The number of nitrogens with zero attached hydrogens (tertiary/aromatic N) is 5. The fourth-order valence-corrected chi connectivity index (χ4v) is 2.64. The smallest absolute Gasteiger partial charge is 0.183 e. The van der Waals surface area contributed by atoms with E-state index in [4.69, 9.17) is 11.6 Å². The first kappa shape index (κ1) is 10.9. The molecule has 5 nitrogen and oxygen atoms in total. The van der Waals surface area contributed by atoms with E-state index in [-0.39, 0.29) is 0 Å². The highest BCUT2D eigenvalue weighted by Crippen LogP contribution is 2.32. The van der Waals surface area contributed by atoms with Crippen molar-refractivity contribution in [2.24, 2.45) is 5.92 Å². The summed E-state index contributed by atoms with van der Waals surface area (Å²) < 4.78 is 1.91. The molecule has 1 aliphatic carbocycles. The van der Waals surface area contributed by atoms with E-state index in [1.165, 1.54) is 19.2 Å². The number of fused-ring (bicyclic) bond motifs is 1. The average molecular weight is 252 g/mol. The van der Waals surface area contributed by atoms with Crippen LogP contribution in [0.4, 0.5) is 0 Å². The standard InChI is InChI=1S/C11H14ClN5/c1-7-2-4-8(5-3-7)17-11-9(15-16-17)10(12)13-6-14-11/h6-8H,2-5H2,1H3/t7-,8-. The molecular formula is C11H14ClN5. The lowest BCUT2D eigenvalue weighted by atomic mass is 9.87. The van der Waals surface area contributed by atoms with Crippen molar-refractivity contribution in [2.75, 3.05) is 0 Å². The summed E-state index contributed by atoms with van der Waals surface area (Å²) >= 11 is 5.97. The maximum absolute atomic E-state index is 5.97. The third-order valence-electron chi connectivity index (χ3n) is 3.55. The highest BCUT2D eigenvalue weighted by atomic mass is 35.5. The first-order valence-electron chi connectivity index (χ1n) is 5.97. The van der Waals surface area contributed by atoms with Gasteiger partial charge in [0.2, 0.25) is 0 Å². The lowest BCUT2D eigenvalue weighted by molar-refractivity contribution is 0.275. The second kappa shape index (κ2) is 4.22. The zero-order chi connectivity index (χ0) is 11.8. The van der Waals surface area contributed by atoms with Gasteiger partial charge in [-0.2, -0.15) is 0 Å². The number of halogens is 1. The predicted molar refractivity (Wildman–Crippen MR) is 64.8 cm³/mol. The minimum Gasteiger partial charge on any atom is -0.224 e. The highest BCUT2D eigenvalue weighted by Gasteiger charge is 2.23. The van der Waals surface area contributed by atoms with Crippen LogP contribution < -0.4 is 0 Å². The molecule has 2 aromatic rings. The molecule has 17 heavy (non-hydrogen) atoms. The fourth-order valence-electron chi connectivity index (χ4n) is 2.47. The van der Waals surface area contributed by atoms with Crippen LogP contribution in [-0.2, 0) is 0 Å². The Morgan fingerprint density at radius 3 is 2.76 bits per heavy atom. The van der Waals surface area contributed by atoms with Crippen molar-refractivity contribution < 1.29 is 0 Å². The predicted octanol–water partition coefficient (Wildman–Crippen LogP) is 2.63. The van der Waals surface area contributed by atoms with Crippen molar-refractivity contribution in [3.05, 3.63) is 11.5 Å². The van der Waals surface area contributed by atoms with E-state index in [1.807, 2.05) is 4.68 Å². The molecule has 6 heteroatoms. The SMILES string of the molecule is C[C@H]1CC[C@H](n2nnc3c(Cl)ncnc32)CC1. The molecule has 0 aliphatic heterocycles. The van der Waals surface area contributed by atoms with E-state index < -0.39 is 0 Å². The van der Waals surface area contributed by atoms with Crippen molar-refractivity contribution in [1.29, 1.82) is 0 Å². The van der Waals surface area contributed by atoms with E-state index in [0.717, 1.165) is 24.4 Å². The van der Waals surface area contributed by atoms with Gasteiger partial charge in [0.15, 0.2) is 16.3 Å². The molecule has 1 saturated carbocycles. The Labute approximate surface area is 104 Å². The van der Waals surface area contributed by atoms with Crippen LogP contribution in [0.15, 0.2) is 6.33 Å². The Morgan fingerprint density at radius 2 is 2.00 bits per heavy atom. The molecule has 0 amide bonds. The fraction of sp³-hybridized carbons (Fsp3) is 0.636. The second-order valence-corrected chi connectivity index (χ2v) is 5.14. The lowest BCUT2D eigenvalue weighted by Gasteiger charge is -2.25. The first-order chi connectivity index (χ1) is 8.25. The van der Waals surface area contributed by atoms with Gasteiger partial charge in [-0.1, -0.05) is 23.7 Å². The molecule has 0 spiro atoms. The van der Waals surface area contributed by atoms with Crippen LogP contribution in [0.25, 0.3) is 11.2 Å². The van der Waals surface area contributed by atoms with E-state index in [9.17, 15) is 0 Å². The van der Waals surface area contributed by atoms with Gasteiger partial charge in [-0.05, 0) is 31.6 Å². The highest BCUT2D eigenvalue weighted by molar-refractivity contribution is 6.33. The van der Waals surface area contributed by atoms with Crippen molar-refractivity contribution in [1.82, 2.24) is 25.0 Å². The van der Waals surface area contributed by atoms with Crippen LogP contribution in [-0.4, -0.2) is 25.0 Å². The molecule has 1 fully saturated rings. The van der Waals surface area contributed by atoms with Crippen molar-refractivity contribution >= 4 is 22.8 Å². The number of hydrogen-bond acceptors (Lipinski definition) is 4. The molecule has 1 aliphatic rings. The monoisotopic (exact) mass is 251 g/mol. The minimum absolute atomic E-state index is 0.380. The third kappa shape index (κ3) is 1.88. The Bertz CT molecular complexity index is 530. The van der Waals surface area contributed by atoms with Gasteiger partial charge < -0.3 is 0 Å². The molecule has 2 heterocycles. The summed E-state index contributed by atoms with van der Waals surface area (Å²) in [5, 5.41) is 8.63. The maximum Gasteiger partial charge on any atom is 0.183 e. The lowest BCUT2D eigenvalue weighted by Crippen LogP contribution is -2.18. The topological polar surface area (TPSA) is 56.5 Å². The molecule has 0 aromatic carbocycles. The molecular weight excluding hydrogens is 238 g/mol. The van der Waals surface area contributed by atoms with Crippen LogP contribution in [0, 0.1) is 5.92 Å². The molecule has 0 unspecified atom stereocenters. The van der Waals surface area contributed by atoms with Gasteiger partial charge in [0.1, 0.15) is 6.33 Å². The normalized spacial score (nSPS) is 25.3. The summed E-state index contributed by atoms with van der Waals surface area (Å²) in [7, 11) is 0. The maximum atomic E-state index is 5.97. The number of aromatic nitrogens is 5. The van der Waals surface area contributed by atoms with Crippen LogP contribution in [0.3, 0.4) is 0 Å². The summed E-state index contributed by atoms with van der Waals surface area (Å²) in [6.45, 7) is 2.30. The van der Waals surface area contributed by atoms with E-state index in [1.54, 1.807) is 0 Å². The van der Waals surface area contributed by atoms with Crippen LogP contribution in [0.2, 0.25) is 5.15 Å². The Kier molecular flexibility index (Phi) is 2.70. The Morgan fingerprint density at radius 1 is 1.24 bits per heavy atom. The molecule has 0 N–H and O–H groups in total. The summed E-state index contributed by atoms with van der Waals surface area (Å²) in [5.41, 5.74) is 1.36. The molecule has 0 radical (unpaired) electrons. The van der Waals surface area contributed by atoms with Crippen LogP contribution in [0.5, 0.6) is 0 Å². The molecule has 2 aromatic heterocycles. The third-order valence-corrected chi connectivity index (χ3v) is 3.82. The van der Waals surface area contributed by atoms with Gasteiger partial charge in [0, 0.05) is 0 Å². The summed E-state index contributed by atoms with van der Waals surface area (Å²) in [6, 6.07) is 0.405. The van der Waals surface area contributed by atoms with Gasteiger partial charge in [-0.25, -0.2) is 14.6 Å². The Balaban J connectivity index is 1.98. The zero-order valence-corrected chi connectivity index (χ0v) is 10.4. The van der Waals surface area contributed by atoms with Gasteiger partial charge >= 0.3 is 0 Å². The van der Waals surface area contributed by atoms with Crippen molar-refractivity contribution in [2.45, 2.75) is 38.6 Å². The largest absolute Gasteiger partial charge is 0.224 e. The molecule has 90 valence electrons. The Hall–Kier alpha value is -1.23. The van der Waals surface area contributed by atoms with Gasteiger partial charge in [-0.3, -0.25) is 0 Å². The summed E-state index contributed by atoms with van der Waals surface area (Å²) in [4.78, 5) is 8.15. The van der Waals surface area contributed by atoms with E-state index in [0.29, 0.717) is 16.7 Å². The van der Waals surface area contributed by atoms with Gasteiger partial charge in [-0.15, -0.1) is 5.10 Å². The van der Waals surface area contributed by atoms with Crippen molar-refractivity contribution in [3.63, 3.8) is 0 Å². The van der Waals surface area contributed by atoms with Gasteiger partial charge in [0.25, 0.3) is 0 Å². The molecule has 3 rings (SSSR count). The second-order valence-electron chi connectivity index (χ2n) is 4.78. The minimum atomic E-state index is 0.380. The molecule has 0 atom stereocenters. The van der Waals surface area contributed by atoms with Crippen LogP contribution >= 0.6 is 11.6 Å². The molecule has 0 bridgehead atoms. The zero-order valence-electron chi connectivity index (χ0n) is 9.67. The summed E-state index contributed by atoms with van der Waals surface area (Å²) in [5.74, 6) is 0.819. The van der Waals surface area contributed by atoms with E-state index in [2.05, 4.69) is 27.2 Å². The average Bonchev–Trinajstić information content (AvgIpc) is 2.75. The van der Waals surface area contributed by atoms with Crippen LogP contribution in [0.1, 0.15) is 38.6 Å². The first-order valence-corrected chi connectivity index (χ1v) is 6.35. The summed E-state index contributed by atoms with van der Waals surface area (Å²) in [6.07, 6.45) is 6.23.